The van der Waals surface area contributed by atoms with Crippen LogP contribution in [0, 0.1) is 0 Å². The van der Waals surface area contributed by atoms with Crippen molar-refractivity contribution < 1.29 is 18.9 Å². The second kappa shape index (κ2) is 7.92. The Morgan fingerprint density at radius 1 is 0.750 bits per heavy atom. The molecule has 4 rings (SSSR count). The molecule has 0 spiro atoms. The number of nitrogens with zero attached hydrogens (tertiary/aromatic N) is 1. The van der Waals surface area contributed by atoms with Gasteiger partial charge in [-0.2, -0.15) is 0 Å². The molecule has 2 aromatic rings. The van der Waals surface area contributed by atoms with E-state index in [9.17, 15) is 0 Å². The Hall–Kier alpha value is -2.40. The lowest BCUT2D eigenvalue weighted by atomic mass is 9.90. The van der Waals surface area contributed by atoms with E-state index >= 15 is 0 Å². The van der Waals surface area contributed by atoms with Crippen molar-refractivity contribution in [2.75, 3.05) is 35.0 Å². The molecular formula is C23H29NO4. The summed E-state index contributed by atoms with van der Waals surface area (Å²) in [5.41, 5.74) is 6.89. The molecule has 5 heteroatoms. The fourth-order valence-electron chi connectivity index (χ4n) is 4.77. The number of fused-ring (bicyclic) bond motifs is 3. The summed E-state index contributed by atoms with van der Waals surface area (Å²) in [6.45, 7) is 2.78. The van der Waals surface area contributed by atoms with Crippen LogP contribution in [0.3, 0.4) is 0 Å². The Morgan fingerprint density at radius 3 is 2.14 bits per heavy atom. The van der Waals surface area contributed by atoms with Gasteiger partial charge in [0.1, 0.15) is 0 Å². The van der Waals surface area contributed by atoms with Gasteiger partial charge in [0.15, 0.2) is 23.0 Å². The highest BCUT2D eigenvalue weighted by atomic mass is 16.5. The highest BCUT2D eigenvalue weighted by Crippen LogP contribution is 2.46. The molecule has 5 nitrogen and oxygen atoms in total. The lowest BCUT2D eigenvalue weighted by molar-refractivity contribution is 0.237. The summed E-state index contributed by atoms with van der Waals surface area (Å²) in [7, 11) is 6.85. The van der Waals surface area contributed by atoms with E-state index in [1.807, 2.05) is 6.07 Å². The molecule has 1 aliphatic heterocycles. The number of hydrogen-bond donors (Lipinski definition) is 0. The first-order valence-corrected chi connectivity index (χ1v) is 9.90. The van der Waals surface area contributed by atoms with Crippen LogP contribution in [0.15, 0.2) is 18.2 Å². The van der Waals surface area contributed by atoms with Gasteiger partial charge in [-0.15, -0.1) is 0 Å². The average Bonchev–Trinajstić information content (AvgIpc) is 3.22. The molecule has 0 saturated carbocycles. The van der Waals surface area contributed by atoms with Crippen molar-refractivity contribution in [1.29, 1.82) is 0 Å². The van der Waals surface area contributed by atoms with Gasteiger partial charge in [0, 0.05) is 30.8 Å². The lowest BCUT2D eigenvalue weighted by Crippen LogP contribution is -2.31. The smallest absolute Gasteiger partial charge is 0.165 e. The first kappa shape index (κ1) is 18.9. The minimum atomic E-state index is 0.761. The Bertz CT molecular complexity index is 878. The van der Waals surface area contributed by atoms with Crippen molar-refractivity contribution in [2.45, 2.75) is 38.8 Å². The summed E-state index contributed by atoms with van der Waals surface area (Å²) >= 11 is 0. The van der Waals surface area contributed by atoms with E-state index in [-0.39, 0.29) is 0 Å². The predicted molar refractivity (Wildman–Crippen MR) is 109 cm³/mol. The molecule has 150 valence electrons. The van der Waals surface area contributed by atoms with Crippen LogP contribution in [0.2, 0.25) is 0 Å². The number of hydrogen-bond acceptors (Lipinski definition) is 5. The van der Waals surface area contributed by atoms with Crippen molar-refractivity contribution in [1.82, 2.24) is 4.90 Å². The second-order valence-electron chi connectivity index (χ2n) is 7.48. The van der Waals surface area contributed by atoms with E-state index in [1.165, 1.54) is 34.2 Å². The Kier molecular flexibility index (Phi) is 5.36. The van der Waals surface area contributed by atoms with Crippen LogP contribution in [-0.4, -0.2) is 39.9 Å². The van der Waals surface area contributed by atoms with E-state index < -0.39 is 0 Å². The molecule has 0 fully saturated rings. The third-order valence-corrected chi connectivity index (χ3v) is 6.02. The molecule has 28 heavy (non-hydrogen) atoms. The lowest BCUT2D eigenvalue weighted by Gasteiger charge is -2.32. The van der Waals surface area contributed by atoms with E-state index in [2.05, 4.69) is 17.0 Å². The molecule has 2 aromatic carbocycles. The van der Waals surface area contributed by atoms with Gasteiger partial charge in [0.25, 0.3) is 0 Å². The summed E-state index contributed by atoms with van der Waals surface area (Å²) in [5.74, 6) is 3.41. The average molecular weight is 383 g/mol. The van der Waals surface area contributed by atoms with Gasteiger partial charge in [0.2, 0.25) is 0 Å². The molecule has 0 atom stereocenters. The molecular weight excluding hydrogens is 354 g/mol. The molecule has 0 aromatic heterocycles. The van der Waals surface area contributed by atoms with Crippen LogP contribution in [0.25, 0.3) is 0 Å². The second-order valence-corrected chi connectivity index (χ2v) is 7.48. The van der Waals surface area contributed by atoms with Gasteiger partial charge >= 0.3 is 0 Å². The number of ether oxygens (including phenoxy) is 4. The zero-order valence-corrected chi connectivity index (χ0v) is 17.3. The van der Waals surface area contributed by atoms with Gasteiger partial charge in [0.05, 0.1) is 28.4 Å². The van der Waals surface area contributed by atoms with Gasteiger partial charge in [-0.3, -0.25) is 4.90 Å². The zero-order valence-electron chi connectivity index (χ0n) is 17.3. The maximum atomic E-state index is 5.84. The normalized spacial score (nSPS) is 15.7. The largest absolute Gasteiger partial charge is 0.493 e. The van der Waals surface area contributed by atoms with Crippen LogP contribution < -0.4 is 18.9 Å². The molecule has 0 bridgehead atoms. The summed E-state index contributed by atoms with van der Waals surface area (Å²) < 4.78 is 22.4. The van der Waals surface area contributed by atoms with Gasteiger partial charge in [-0.05, 0) is 54.5 Å². The minimum Gasteiger partial charge on any atom is -0.493 e. The van der Waals surface area contributed by atoms with Crippen molar-refractivity contribution in [3.63, 3.8) is 0 Å². The number of benzene rings is 2. The van der Waals surface area contributed by atoms with Crippen LogP contribution in [-0.2, 0) is 32.4 Å². The molecule has 0 saturated heterocycles. The van der Waals surface area contributed by atoms with Crippen LogP contribution >= 0.6 is 0 Å². The number of methoxy groups -OCH3 is 4. The molecule has 0 amide bonds. The van der Waals surface area contributed by atoms with E-state index in [1.54, 1.807) is 28.4 Å². The summed E-state index contributed by atoms with van der Waals surface area (Å²) in [5, 5.41) is 0. The maximum absolute atomic E-state index is 5.84. The third-order valence-electron chi connectivity index (χ3n) is 6.02. The molecule has 0 unspecified atom stereocenters. The van der Waals surface area contributed by atoms with Gasteiger partial charge in [-0.1, -0.05) is 6.07 Å². The molecule has 0 N–H and O–H groups in total. The Labute approximate surface area is 167 Å². The standard InChI is InChI=1S/C23H29NO4/c1-25-20-9-8-15(12-21(20)26-2)13-24-11-10-17-16-6-5-7-18(16)22(27-3)23(28-4)19(17)14-24/h8-9,12H,5-7,10-11,13-14H2,1-4H3. The molecule has 1 heterocycles. The Morgan fingerprint density at radius 2 is 1.43 bits per heavy atom. The van der Waals surface area contributed by atoms with Crippen molar-refractivity contribution >= 4 is 0 Å². The summed E-state index contributed by atoms with van der Waals surface area (Å²) in [4.78, 5) is 2.47. The quantitative estimate of drug-likeness (QED) is 0.759. The monoisotopic (exact) mass is 383 g/mol. The summed E-state index contributed by atoms with van der Waals surface area (Å²) in [6, 6.07) is 6.15. The van der Waals surface area contributed by atoms with Crippen molar-refractivity contribution in [2.24, 2.45) is 0 Å². The Balaban J connectivity index is 1.63. The predicted octanol–water partition coefficient (Wildman–Crippen LogP) is 3.77. The van der Waals surface area contributed by atoms with Crippen LogP contribution in [0.1, 0.15) is 34.2 Å². The summed E-state index contributed by atoms with van der Waals surface area (Å²) in [6.07, 6.45) is 4.52. The van der Waals surface area contributed by atoms with Crippen molar-refractivity contribution in [3.8, 4) is 23.0 Å². The molecule has 1 aliphatic carbocycles. The molecule has 0 radical (unpaired) electrons. The minimum absolute atomic E-state index is 0.761. The van der Waals surface area contributed by atoms with Gasteiger partial charge < -0.3 is 18.9 Å². The number of rotatable bonds is 6. The SMILES string of the molecule is COc1ccc(CN2CCc3c4c(c(OC)c(OC)c3C2)CCC4)cc1OC. The van der Waals surface area contributed by atoms with E-state index in [0.717, 1.165) is 61.9 Å². The topological polar surface area (TPSA) is 40.2 Å². The third kappa shape index (κ3) is 3.18. The fraction of sp³-hybridized carbons (Fsp3) is 0.478. The highest BCUT2D eigenvalue weighted by Gasteiger charge is 2.31. The van der Waals surface area contributed by atoms with Crippen molar-refractivity contribution in [3.05, 3.63) is 46.0 Å². The van der Waals surface area contributed by atoms with Gasteiger partial charge in [-0.25, -0.2) is 0 Å². The van der Waals surface area contributed by atoms with E-state index in [4.69, 9.17) is 18.9 Å². The first-order chi connectivity index (χ1) is 13.7. The molecule has 2 aliphatic rings. The fourth-order valence-corrected chi connectivity index (χ4v) is 4.77. The zero-order chi connectivity index (χ0) is 19.7. The maximum Gasteiger partial charge on any atom is 0.165 e. The van der Waals surface area contributed by atoms with E-state index in [0.29, 0.717) is 0 Å². The van der Waals surface area contributed by atoms with Crippen LogP contribution in [0.4, 0.5) is 0 Å². The highest BCUT2D eigenvalue weighted by molar-refractivity contribution is 5.62. The van der Waals surface area contributed by atoms with Crippen LogP contribution in [0.5, 0.6) is 23.0 Å². The first-order valence-electron chi connectivity index (χ1n) is 9.90.